The average Bonchev–Trinajstić information content (AvgIpc) is 2.41. The minimum Gasteiger partial charge on any atom is -0.321 e. The van der Waals surface area contributed by atoms with Gasteiger partial charge in [-0.05, 0) is 55.4 Å². The number of rotatable bonds is 4. The molecule has 0 aliphatic rings. The standard InChI is InChI=1S/C20H27N/c1-14(2)18-10-8-17(9-11-18)13-20(5,21)19-12-15(3)6-7-16(19)4/h6-12,14H,13,21H2,1-5H3. The second-order valence-corrected chi connectivity index (χ2v) is 6.81. The summed E-state index contributed by atoms with van der Waals surface area (Å²) in [6.45, 7) is 10.8. The van der Waals surface area contributed by atoms with Crippen molar-refractivity contribution >= 4 is 0 Å². The lowest BCUT2D eigenvalue weighted by molar-refractivity contribution is 0.488. The summed E-state index contributed by atoms with van der Waals surface area (Å²) >= 11 is 0. The Balaban J connectivity index is 2.26. The van der Waals surface area contributed by atoms with Crippen molar-refractivity contribution < 1.29 is 0 Å². The second-order valence-electron chi connectivity index (χ2n) is 6.81. The van der Waals surface area contributed by atoms with Crippen LogP contribution >= 0.6 is 0 Å². The fourth-order valence-corrected chi connectivity index (χ4v) is 2.89. The fraction of sp³-hybridized carbons (Fsp3) is 0.400. The van der Waals surface area contributed by atoms with Gasteiger partial charge in [-0.15, -0.1) is 0 Å². The molecule has 0 aliphatic carbocycles. The highest BCUT2D eigenvalue weighted by molar-refractivity contribution is 5.37. The predicted molar refractivity (Wildman–Crippen MR) is 91.7 cm³/mol. The Bertz CT molecular complexity index is 606. The average molecular weight is 281 g/mol. The van der Waals surface area contributed by atoms with Crippen molar-refractivity contribution in [3.8, 4) is 0 Å². The van der Waals surface area contributed by atoms with Gasteiger partial charge in [-0.2, -0.15) is 0 Å². The van der Waals surface area contributed by atoms with E-state index >= 15 is 0 Å². The van der Waals surface area contributed by atoms with Gasteiger partial charge in [-0.1, -0.05) is 61.9 Å². The van der Waals surface area contributed by atoms with E-state index in [4.69, 9.17) is 5.73 Å². The van der Waals surface area contributed by atoms with Gasteiger partial charge in [0.05, 0.1) is 0 Å². The molecule has 0 bridgehead atoms. The molecule has 1 nitrogen and oxygen atoms in total. The molecule has 0 aromatic heterocycles. The van der Waals surface area contributed by atoms with Crippen LogP contribution in [0.25, 0.3) is 0 Å². The third kappa shape index (κ3) is 3.74. The van der Waals surface area contributed by atoms with Crippen LogP contribution in [-0.2, 0) is 12.0 Å². The van der Waals surface area contributed by atoms with Gasteiger partial charge >= 0.3 is 0 Å². The SMILES string of the molecule is Cc1ccc(C)c(C(C)(N)Cc2ccc(C(C)C)cc2)c1. The van der Waals surface area contributed by atoms with Crippen molar-refractivity contribution in [2.75, 3.05) is 0 Å². The highest BCUT2D eigenvalue weighted by Crippen LogP contribution is 2.27. The highest BCUT2D eigenvalue weighted by Gasteiger charge is 2.23. The monoisotopic (exact) mass is 281 g/mol. The molecular weight excluding hydrogens is 254 g/mol. The molecule has 0 spiro atoms. The van der Waals surface area contributed by atoms with Crippen LogP contribution in [-0.4, -0.2) is 0 Å². The van der Waals surface area contributed by atoms with Crippen molar-refractivity contribution in [1.82, 2.24) is 0 Å². The molecule has 0 amide bonds. The molecule has 1 heteroatoms. The van der Waals surface area contributed by atoms with Gasteiger partial charge in [0.2, 0.25) is 0 Å². The van der Waals surface area contributed by atoms with Crippen LogP contribution in [0.5, 0.6) is 0 Å². The molecule has 2 N–H and O–H groups in total. The van der Waals surface area contributed by atoms with E-state index in [1.807, 2.05) is 0 Å². The Morgan fingerprint density at radius 3 is 2.19 bits per heavy atom. The Hall–Kier alpha value is -1.60. The summed E-state index contributed by atoms with van der Waals surface area (Å²) < 4.78 is 0. The number of hydrogen-bond acceptors (Lipinski definition) is 1. The van der Waals surface area contributed by atoms with Gasteiger partial charge in [0.1, 0.15) is 0 Å². The molecule has 0 aliphatic heterocycles. The van der Waals surface area contributed by atoms with Crippen LogP contribution < -0.4 is 5.73 Å². The van der Waals surface area contributed by atoms with Crippen LogP contribution in [0, 0.1) is 13.8 Å². The molecule has 1 atom stereocenters. The van der Waals surface area contributed by atoms with Crippen molar-refractivity contribution in [2.45, 2.75) is 52.5 Å². The molecule has 0 saturated carbocycles. The summed E-state index contributed by atoms with van der Waals surface area (Å²) in [5.74, 6) is 0.572. The maximum absolute atomic E-state index is 6.64. The molecule has 1 unspecified atom stereocenters. The largest absolute Gasteiger partial charge is 0.321 e. The van der Waals surface area contributed by atoms with E-state index in [1.165, 1.54) is 27.8 Å². The Kier molecular flexibility index (Phi) is 4.53. The number of nitrogens with two attached hydrogens (primary N) is 1. The van der Waals surface area contributed by atoms with Crippen molar-refractivity contribution in [3.05, 3.63) is 70.3 Å². The maximum Gasteiger partial charge on any atom is 0.0424 e. The zero-order chi connectivity index (χ0) is 15.6. The quantitative estimate of drug-likeness (QED) is 0.852. The molecule has 2 rings (SSSR count). The van der Waals surface area contributed by atoms with Crippen LogP contribution in [0.1, 0.15) is 54.5 Å². The zero-order valence-electron chi connectivity index (χ0n) is 13.9. The Morgan fingerprint density at radius 1 is 1.00 bits per heavy atom. The van der Waals surface area contributed by atoms with Gasteiger partial charge in [0.15, 0.2) is 0 Å². The normalized spacial score (nSPS) is 14.2. The van der Waals surface area contributed by atoms with E-state index < -0.39 is 0 Å². The van der Waals surface area contributed by atoms with Gasteiger partial charge in [0, 0.05) is 5.54 Å². The van der Waals surface area contributed by atoms with Crippen LogP contribution in [0.3, 0.4) is 0 Å². The molecular formula is C20H27N. The lowest BCUT2D eigenvalue weighted by Crippen LogP contribution is -2.36. The summed E-state index contributed by atoms with van der Waals surface area (Å²) in [5, 5.41) is 0. The second kappa shape index (κ2) is 6.03. The van der Waals surface area contributed by atoms with Gasteiger partial charge in [0.25, 0.3) is 0 Å². The van der Waals surface area contributed by atoms with Gasteiger partial charge in [-0.3, -0.25) is 0 Å². The third-order valence-corrected chi connectivity index (χ3v) is 4.23. The first-order valence-corrected chi connectivity index (χ1v) is 7.75. The fourth-order valence-electron chi connectivity index (χ4n) is 2.89. The first-order valence-electron chi connectivity index (χ1n) is 7.75. The van der Waals surface area contributed by atoms with Crippen LogP contribution in [0.2, 0.25) is 0 Å². The first kappa shape index (κ1) is 15.8. The molecule has 21 heavy (non-hydrogen) atoms. The third-order valence-electron chi connectivity index (χ3n) is 4.23. The van der Waals surface area contributed by atoms with Crippen LogP contribution in [0.15, 0.2) is 42.5 Å². The van der Waals surface area contributed by atoms with E-state index in [2.05, 4.69) is 77.1 Å². The molecule has 0 radical (unpaired) electrons. The van der Waals surface area contributed by atoms with E-state index in [9.17, 15) is 0 Å². The predicted octanol–water partition coefficient (Wildman–Crippen LogP) is 4.84. The van der Waals surface area contributed by atoms with Crippen LogP contribution in [0.4, 0.5) is 0 Å². The van der Waals surface area contributed by atoms with Gasteiger partial charge in [-0.25, -0.2) is 0 Å². The summed E-state index contributed by atoms with van der Waals surface area (Å²) in [7, 11) is 0. The maximum atomic E-state index is 6.64. The minimum atomic E-state index is -0.338. The zero-order valence-corrected chi connectivity index (χ0v) is 13.9. The van der Waals surface area contributed by atoms with Crippen molar-refractivity contribution in [3.63, 3.8) is 0 Å². The summed E-state index contributed by atoms with van der Waals surface area (Å²) in [5.41, 5.74) is 12.8. The summed E-state index contributed by atoms with van der Waals surface area (Å²) in [6, 6.07) is 15.4. The van der Waals surface area contributed by atoms with Gasteiger partial charge < -0.3 is 5.73 Å². The molecule has 0 saturated heterocycles. The Labute approximate surface area is 129 Å². The smallest absolute Gasteiger partial charge is 0.0424 e. The van der Waals surface area contributed by atoms with Crippen molar-refractivity contribution in [1.29, 1.82) is 0 Å². The lowest BCUT2D eigenvalue weighted by atomic mass is 9.83. The van der Waals surface area contributed by atoms with Crippen molar-refractivity contribution in [2.24, 2.45) is 5.73 Å². The minimum absolute atomic E-state index is 0.338. The van der Waals surface area contributed by atoms with E-state index in [0.29, 0.717) is 5.92 Å². The Morgan fingerprint density at radius 2 is 1.62 bits per heavy atom. The van der Waals surface area contributed by atoms with E-state index in [1.54, 1.807) is 0 Å². The van der Waals surface area contributed by atoms with E-state index in [-0.39, 0.29) is 5.54 Å². The summed E-state index contributed by atoms with van der Waals surface area (Å²) in [4.78, 5) is 0. The molecule has 0 fully saturated rings. The molecule has 2 aromatic carbocycles. The highest BCUT2D eigenvalue weighted by atomic mass is 14.7. The summed E-state index contributed by atoms with van der Waals surface area (Å²) in [6.07, 6.45) is 0.857. The molecule has 0 heterocycles. The first-order chi connectivity index (χ1) is 9.79. The number of hydrogen-bond donors (Lipinski definition) is 1. The van der Waals surface area contributed by atoms with E-state index in [0.717, 1.165) is 6.42 Å². The number of aryl methyl sites for hydroxylation is 2. The molecule has 112 valence electrons. The lowest BCUT2D eigenvalue weighted by Gasteiger charge is -2.28. The number of benzene rings is 2. The molecule has 2 aromatic rings. The topological polar surface area (TPSA) is 26.0 Å².